The van der Waals surface area contributed by atoms with E-state index in [-0.39, 0.29) is 11.6 Å². The molecule has 21 heavy (non-hydrogen) atoms. The van der Waals surface area contributed by atoms with Crippen molar-refractivity contribution >= 4 is 27.5 Å². The van der Waals surface area contributed by atoms with Gasteiger partial charge in [-0.1, -0.05) is 52.3 Å². The number of ketones is 2. The summed E-state index contributed by atoms with van der Waals surface area (Å²) >= 11 is 3.49. The number of fused-ring (bicyclic) bond motifs is 4. The molecule has 4 bridgehead atoms. The van der Waals surface area contributed by atoms with Gasteiger partial charge in [-0.15, -0.1) is 0 Å². The van der Waals surface area contributed by atoms with Crippen molar-refractivity contribution in [1.29, 1.82) is 0 Å². The molecule has 0 unspecified atom stereocenters. The van der Waals surface area contributed by atoms with Crippen LogP contribution >= 0.6 is 15.9 Å². The van der Waals surface area contributed by atoms with Crippen LogP contribution in [-0.2, 0) is 35.3 Å². The third-order valence-corrected chi connectivity index (χ3v) is 4.47. The quantitative estimate of drug-likeness (QED) is 0.734. The van der Waals surface area contributed by atoms with E-state index in [1.54, 1.807) is 0 Å². The van der Waals surface area contributed by atoms with E-state index in [4.69, 9.17) is 0 Å². The van der Waals surface area contributed by atoms with Gasteiger partial charge in [0.2, 0.25) is 0 Å². The van der Waals surface area contributed by atoms with Crippen molar-refractivity contribution in [3.05, 3.63) is 69.2 Å². The highest BCUT2D eigenvalue weighted by atomic mass is 79.9. The molecule has 0 atom stereocenters. The number of carbonyl (C=O) groups excluding carboxylic acids is 2. The fourth-order valence-electron chi connectivity index (χ4n) is 2.74. The maximum atomic E-state index is 12.2. The van der Waals surface area contributed by atoms with Crippen molar-refractivity contribution in [3.63, 3.8) is 0 Å². The van der Waals surface area contributed by atoms with Crippen LogP contribution in [0.4, 0.5) is 0 Å². The molecule has 106 valence electrons. The van der Waals surface area contributed by atoms with E-state index in [0.717, 1.165) is 26.7 Å². The second-order valence-electron chi connectivity index (χ2n) is 5.53. The smallest absolute Gasteiger partial charge is 0.141 e. The molecular formula is C18H15BrO2. The van der Waals surface area contributed by atoms with Gasteiger partial charge in [0.1, 0.15) is 11.6 Å². The van der Waals surface area contributed by atoms with Crippen molar-refractivity contribution in [1.82, 2.24) is 0 Å². The normalized spacial score (nSPS) is 15.3. The molecule has 0 heterocycles. The molecule has 0 saturated heterocycles. The Kier molecular flexibility index (Phi) is 4.02. The highest BCUT2D eigenvalue weighted by Gasteiger charge is 2.13. The number of hydrogen-bond donors (Lipinski definition) is 0. The van der Waals surface area contributed by atoms with E-state index < -0.39 is 0 Å². The van der Waals surface area contributed by atoms with Gasteiger partial charge in [-0.3, -0.25) is 9.59 Å². The maximum absolute atomic E-state index is 12.2. The van der Waals surface area contributed by atoms with Crippen LogP contribution in [0.5, 0.6) is 0 Å². The molecule has 2 aromatic rings. The summed E-state index contributed by atoms with van der Waals surface area (Å²) in [4.78, 5) is 24.4. The zero-order chi connectivity index (χ0) is 14.8. The average Bonchev–Trinajstić information content (AvgIpc) is 2.41. The number of halogens is 1. The SMILES string of the molecule is O=C1Cc2cccc(c2)CC(=O)Cc2cc(ccc2Br)C1. The van der Waals surface area contributed by atoms with E-state index in [1.807, 2.05) is 42.5 Å². The van der Waals surface area contributed by atoms with Crippen LogP contribution in [-0.4, -0.2) is 11.6 Å². The van der Waals surface area contributed by atoms with E-state index in [2.05, 4.69) is 15.9 Å². The second-order valence-corrected chi connectivity index (χ2v) is 6.38. The highest BCUT2D eigenvalue weighted by Crippen LogP contribution is 2.21. The van der Waals surface area contributed by atoms with Gasteiger partial charge in [0, 0.05) is 30.2 Å². The van der Waals surface area contributed by atoms with E-state index >= 15 is 0 Å². The fourth-order valence-corrected chi connectivity index (χ4v) is 3.13. The molecule has 0 radical (unpaired) electrons. The number of hydrogen-bond acceptors (Lipinski definition) is 2. The van der Waals surface area contributed by atoms with Gasteiger partial charge >= 0.3 is 0 Å². The molecule has 0 fully saturated rings. The summed E-state index contributed by atoms with van der Waals surface area (Å²) in [5.41, 5.74) is 3.91. The molecule has 1 aliphatic carbocycles. The first-order valence-electron chi connectivity index (χ1n) is 6.99. The van der Waals surface area contributed by atoms with Crippen molar-refractivity contribution in [2.45, 2.75) is 25.7 Å². The van der Waals surface area contributed by atoms with Gasteiger partial charge < -0.3 is 0 Å². The Hall–Kier alpha value is -1.74. The second kappa shape index (κ2) is 5.94. The monoisotopic (exact) mass is 342 g/mol. The van der Waals surface area contributed by atoms with Gasteiger partial charge in [0.15, 0.2) is 0 Å². The average molecular weight is 343 g/mol. The Labute approximate surface area is 132 Å². The van der Waals surface area contributed by atoms with Crippen LogP contribution in [0.15, 0.2) is 46.9 Å². The number of benzene rings is 2. The van der Waals surface area contributed by atoms with Gasteiger partial charge in [0.05, 0.1) is 0 Å². The van der Waals surface area contributed by atoms with Crippen LogP contribution in [0.25, 0.3) is 0 Å². The van der Waals surface area contributed by atoms with Gasteiger partial charge in [-0.2, -0.15) is 0 Å². The lowest BCUT2D eigenvalue weighted by atomic mass is 9.95. The van der Waals surface area contributed by atoms with Crippen LogP contribution in [0.3, 0.4) is 0 Å². The Morgan fingerprint density at radius 1 is 0.714 bits per heavy atom. The van der Waals surface area contributed by atoms with Crippen molar-refractivity contribution in [2.24, 2.45) is 0 Å². The lowest BCUT2D eigenvalue weighted by Gasteiger charge is -2.10. The molecule has 0 aromatic heterocycles. The summed E-state index contributed by atoms with van der Waals surface area (Å²) in [6, 6.07) is 13.6. The molecule has 2 aromatic carbocycles. The first-order chi connectivity index (χ1) is 10.1. The minimum atomic E-state index is 0.192. The summed E-state index contributed by atoms with van der Waals surface area (Å²) in [7, 11) is 0. The van der Waals surface area contributed by atoms with Gasteiger partial charge in [-0.05, 0) is 28.3 Å². The molecule has 1 aliphatic rings. The van der Waals surface area contributed by atoms with Crippen molar-refractivity contribution in [3.8, 4) is 0 Å². The highest BCUT2D eigenvalue weighted by molar-refractivity contribution is 9.10. The largest absolute Gasteiger partial charge is 0.299 e. The molecule has 0 aliphatic heterocycles. The predicted molar refractivity (Wildman–Crippen MR) is 85.4 cm³/mol. The Morgan fingerprint density at radius 2 is 1.29 bits per heavy atom. The first kappa shape index (κ1) is 14.2. The van der Waals surface area contributed by atoms with Crippen molar-refractivity contribution in [2.75, 3.05) is 0 Å². The number of rotatable bonds is 0. The van der Waals surface area contributed by atoms with Crippen molar-refractivity contribution < 1.29 is 9.59 Å². The molecule has 3 rings (SSSR count). The van der Waals surface area contributed by atoms with Crippen LogP contribution < -0.4 is 0 Å². The molecule has 0 N–H and O–H groups in total. The molecule has 0 amide bonds. The van der Waals surface area contributed by atoms with E-state index in [1.165, 1.54) is 0 Å². The van der Waals surface area contributed by atoms with E-state index in [0.29, 0.717) is 25.7 Å². The molecule has 2 nitrogen and oxygen atoms in total. The lowest BCUT2D eigenvalue weighted by Crippen LogP contribution is -2.11. The topological polar surface area (TPSA) is 34.1 Å². The fraction of sp³-hybridized carbons (Fsp3) is 0.222. The van der Waals surface area contributed by atoms with Crippen LogP contribution in [0, 0.1) is 0 Å². The van der Waals surface area contributed by atoms with Crippen LogP contribution in [0.1, 0.15) is 22.3 Å². The van der Waals surface area contributed by atoms with E-state index in [9.17, 15) is 9.59 Å². The molecule has 0 spiro atoms. The lowest BCUT2D eigenvalue weighted by molar-refractivity contribution is -0.118. The van der Waals surface area contributed by atoms with Crippen LogP contribution in [0.2, 0.25) is 0 Å². The Balaban J connectivity index is 2.00. The summed E-state index contributed by atoms with van der Waals surface area (Å²) in [6.45, 7) is 0. The standard InChI is InChI=1S/C18H15BrO2/c19-18-5-4-14-7-15(18)11-17(21)9-13-3-1-2-12(6-13)8-16(20)10-14/h1-7H,8-11H2. The molecule has 0 saturated carbocycles. The third kappa shape index (κ3) is 3.48. The minimum absolute atomic E-state index is 0.192. The summed E-state index contributed by atoms with van der Waals surface area (Å²) in [6.07, 6.45) is 1.65. The first-order valence-corrected chi connectivity index (χ1v) is 7.78. The summed E-state index contributed by atoms with van der Waals surface area (Å²) in [5, 5.41) is 0. The predicted octanol–water partition coefficient (Wildman–Crippen LogP) is 3.47. The van der Waals surface area contributed by atoms with Gasteiger partial charge in [-0.25, -0.2) is 0 Å². The zero-order valence-corrected chi connectivity index (χ0v) is 13.2. The Bertz CT molecular complexity index is 719. The number of carbonyl (C=O) groups is 2. The summed E-state index contributed by atoms with van der Waals surface area (Å²) in [5.74, 6) is 0.393. The molecule has 3 heteroatoms. The number of Topliss-reactive ketones (excluding diaryl/α,β-unsaturated/α-hetero) is 2. The summed E-state index contributed by atoms with van der Waals surface area (Å²) < 4.78 is 0.929. The molecular weight excluding hydrogens is 328 g/mol. The minimum Gasteiger partial charge on any atom is -0.299 e. The maximum Gasteiger partial charge on any atom is 0.141 e. The van der Waals surface area contributed by atoms with Gasteiger partial charge in [0.25, 0.3) is 0 Å². The zero-order valence-electron chi connectivity index (χ0n) is 11.6. The third-order valence-electron chi connectivity index (χ3n) is 3.69. The Morgan fingerprint density at radius 3 is 1.95 bits per heavy atom.